The van der Waals surface area contributed by atoms with Gasteiger partial charge in [0.2, 0.25) is 0 Å². The molecule has 0 aliphatic heterocycles. The van der Waals surface area contributed by atoms with Gasteiger partial charge in [0.25, 0.3) is 0 Å². The van der Waals surface area contributed by atoms with Crippen LogP contribution >= 0.6 is 0 Å². The zero-order chi connectivity index (χ0) is 14.2. The molecule has 108 valence electrons. The molecule has 19 heavy (non-hydrogen) atoms. The Hall–Kier alpha value is -1.11. The van der Waals surface area contributed by atoms with Gasteiger partial charge in [0, 0.05) is 18.5 Å². The Morgan fingerprint density at radius 1 is 1.21 bits per heavy atom. The number of nitrogens with zero attached hydrogens (tertiary/aromatic N) is 1. The summed E-state index contributed by atoms with van der Waals surface area (Å²) in [6, 6.07) is 0. The average molecular weight is 262 g/mol. The predicted octanol–water partition coefficient (Wildman–Crippen LogP) is 4.64. The Labute approximate surface area is 119 Å². The Balaban J connectivity index is 4.09. The first-order valence-corrected chi connectivity index (χ1v) is 7.60. The summed E-state index contributed by atoms with van der Waals surface area (Å²) in [6.45, 7) is 9.99. The van der Waals surface area contributed by atoms with Crippen molar-refractivity contribution in [3.63, 3.8) is 0 Å². The lowest BCUT2D eigenvalue weighted by Crippen LogP contribution is -2.17. The molecule has 0 spiro atoms. The SMILES string of the molecule is C=C=CCC=CN=C(CCCCCC)CCNCC. The number of allylic oxidation sites excluding steroid dienone is 2. The number of nitrogens with one attached hydrogen (secondary N) is 1. The molecule has 0 bridgehead atoms. The van der Waals surface area contributed by atoms with E-state index >= 15 is 0 Å². The first kappa shape index (κ1) is 17.9. The van der Waals surface area contributed by atoms with Crippen molar-refractivity contribution in [1.82, 2.24) is 5.32 Å². The lowest BCUT2D eigenvalue weighted by Gasteiger charge is -2.06. The molecule has 2 heteroatoms. The fraction of sp³-hybridized carbons (Fsp3) is 0.647. The Kier molecular flexibility index (Phi) is 14.1. The van der Waals surface area contributed by atoms with Crippen molar-refractivity contribution in [2.45, 2.75) is 58.8 Å². The van der Waals surface area contributed by atoms with E-state index in [2.05, 4.69) is 42.5 Å². The number of aliphatic imine (C=N–C) groups is 1. The van der Waals surface area contributed by atoms with Gasteiger partial charge in [-0.2, -0.15) is 0 Å². The van der Waals surface area contributed by atoms with Crippen molar-refractivity contribution < 1.29 is 0 Å². The fourth-order valence-corrected chi connectivity index (χ4v) is 1.79. The van der Waals surface area contributed by atoms with E-state index in [1.165, 1.54) is 31.4 Å². The molecule has 0 aromatic rings. The number of hydrogen-bond donors (Lipinski definition) is 1. The second-order valence-electron chi connectivity index (χ2n) is 4.64. The summed E-state index contributed by atoms with van der Waals surface area (Å²) in [5.74, 6) is 0. The minimum atomic E-state index is 0.864. The smallest absolute Gasteiger partial charge is 0.0230 e. The number of rotatable bonds is 12. The molecule has 0 unspecified atom stereocenters. The summed E-state index contributed by atoms with van der Waals surface area (Å²) in [7, 11) is 0. The van der Waals surface area contributed by atoms with Gasteiger partial charge in [-0.3, -0.25) is 4.99 Å². The maximum atomic E-state index is 4.59. The lowest BCUT2D eigenvalue weighted by molar-refractivity contribution is 0.674. The molecule has 0 aromatic carbocycles. The number of unbranched alkanes of at least 4 members (excludes halogenated alkanes) is 3. The first-order valence-electron chi connectivity index (χ1n) is 7.60. The maximum absolute atomic E-state index is 4.59. The summed E-state index contributed by atoms with van der Waals surface area (Å²) in [5, 5.41) is 3.36. The molecule has 2 nitrogen and oxygen atoms in total. The van der Waals surface area contributed by atoms with E-state index in [1.54, 1.807) is 0 Å². The van der Waals surface area contributed by atoms with Crippen LogP contribution in [0.4, 0.5) is 0 Å². The molecule has 0 rings (SSSR count). The Morgan fingerprint density at radius 2 is 2.05 bits per heavy atom. The van der Waals surface area contributed by atoms with Gasteiger partial charge in [-0.25, -0.2) is 0 Å². The van der Waals surface area contributed by atoms with E-state index in [0.29, 0.717) is 0 Å². The Bertz CT molecular complexity index is 296. The molecular weight excluding hydrogens is 232 g/mol. The van der Waals surface area contributed by atoms with E-state index in [0.717, 1.165) is 32.4 Å². The van der Waals surface area contributed by atoms with Crippen LogP contribution in [0.5, 0.6) is 0 Å². The maximum Gasteiger partial charge on any atom is 0.0230 e. The molecule has 0 heterocycles. The molecule has 0 atom stereocenters. The van der Waals surface area contributed by atoms with Gasteiger partial charge in [-0.1, -0.05) is 45.8 Å². The molecule has 0 saturated heterocycles. The second-order valence-corrected chi connectivity index (χ2v) is 4.64. The quantitative estimate of drug-likeness (QED) is 0.309. The lowest BCUT2D eigenvalue weighted by atomic mass is 10.1. The average Bonchev–Trinajstić information content (AvgIpc) is 2.42. The van der Waals surface area contributed by atoms with Gasteiger partial charge in [0.1, 0.15) is 0 Å². The largest absolute Gasteiger partial charge is 0.317 e. The summed E-state index contributed by atoms with van der Waals surface area (Å²) in [4.78, 5) is 4.59. The highest BCUT2D eigenvalue weighted by atomic mass is 14.8. The first-order chi connectivity index (χ1) is 9.35. The summed E-state index contributed by atoms with van der Waals surface area (Å²) in [6.07, 6.45) is 14.1. The van der Waals surface area contributed by atoms with Crippen molar-refractivity contribution in [2.24, 2.45) is 4.99 Å². The van der Waals surface area contributed by atoms with E-state index in [-0.39, 0.29) is 0 Å². The van der Waals surface area contributed by atoms with E-state index in [4.69, 9.17) is 0 Å². The highest BCUT2D eigenvalue weighted by Gasteiger charge is 1.98. The van der Waals surface area contributed by atoms with Gasteiger partial charge >= 0.3 is 0 Å². The van der Waals surface area contributed by atoms with Crippen LogP contribution in [0, 0.1) is 0 Å². The standard InChI is InChI=1S/C17H30N2/c1-4-7-9-11-13-17(14-16-18-6-3)19-15-12-10-8-5-2/h8,12,15,18H,2,4,6-7,9-11,13-14,16H2,1,3H3. The van der Waals surface area contributed by atoms with E-state index < -0.39 is 0 Å². The van der Waals surface area contributed by atoms with Gasteiger partial charge in [-0.15, -0.1) is 5.73 Å². The normalized spacial score (nSPS) is 11.8. The van der Waals surface area contributed by atoms with Gasteiger partial charge in [0.15, 0.2) is 0 Å². The topological polar surface area (TPSA) is 24.4 Å². The zero-order valence-corrected chi connectivity index (χ0v) is 12.8. The molecule has 0 radical (unpaired) electrons. The van der Waals surface area contributed by atoms with Crippen molar-refractivity contribution >= 4 is 5.71 Å². The van der Waals surface area contributed by atoms with Crippen molar-refractivity contribution in [3.8, 4) is 0 Å². The molecule has 0 amide bonds. The van der Waals surface area contributed by atoms with Crippen molar-refractivity contribution in [3.05, 3.63) is 30.7 Å². The van der Waals surface area contributed by atoms with Crippen LogP contribution in [0.15, 0.2) is 35.7 Å². The molecule has 1 N–H and O–H groups in total. The molecule has 0 saturated carbocycles. The third-order valence-corrected chi connectivity index (χ3v) is 2.92. The zero-order valence-electron chi connectivity index (χ0n) is 12.8. The summed E-state index contributed by atoms with van der Waals surface area (Å²) < 4.78 is 0. The molecule has 0 aliphatic carbocycles. The van der Waals surface area contributed by atoms with Crippen molar-refractivity contribution in [2.75, 3.05) is 13.1 Å². The van der Waals surface area contributed by atoms with Crippen LogP contribution in [0.2, 0.25) is 0 Å². The second kappa shape index (κ2) is 14.9. The van der Waals surface area contributed by atoms with Crippen LogP contribution in [0.1, 0.15) is 58.8 Å². The molecular formula is C17H30N2. The van der Waals surface area contributed by atoms with Crippen LogP contribution in [0.25, 0.3) is 0 Å². The van der Waals surface area contributed by atoms with Crippen LogP contribution in [-0.4, -0.2) is 18.8 Å². The highest BCUT2D eigenvalue weighted by Crippen LogP contribution is 2.06. The van der Waals surface area contributed by atoms with E-state index in [9.17, 15) is 0 Å². The molecule has 0 aromatic heterocycles. The summed E-state index contributed by atoms with van der Waals surface area (Å²) in [5.41, 5.74) is 4.08. The van der Waals surface area contributed by atoms with E-state index in [1.807, 2.05) is 12.3 Å². The minimum absolute atomic E-state index is 0.864. The third kappa shape index (κ3) is 13.1. The van der Waals surface area contributed by atoms with Crippen LogP contribution in [0.3, 0.4) is 0 Å². The van der Waals surface area contributed by atoms with Crippen molar-refractivity contribution in [1.29, 1.82) is 0 Å². The minimum Gasteiger partial charge on any atom is -0.317 e. The third-order valence-electron chi connectivity index (χ3n) is 2.92. The fourth-order valence-electron chi connectivity index (χ4n) is 1.79. The monoisotopic (exact) mass is 262 g/mol. The van der Waals surface area contributed by atoms with Gasteiger partial charge in [-0.05, 0) is 38.3 Å². The van der Waals surface area contributed by atoms with Crippen LogP contribution < -0.4 is 5.32 Å². The summed E-state index contributed by atoms with van der Waals surface area (Å²) >= 11 is 0. The van der Waals surface area contributed by atoms with Gasteiger partial charge in [0.05, 0.1) is 0 Å². The van der Waals surface area contributed by atoms with Crippen LogP contribution in [-0.2, 0) is 0 Å². The Morgan fingerprint density at radius 3 is 2.74 bits per heavy atom. The highest BCUT2D eigenvalue weighted by molar-refractivity contribution is 5.85. The number of hydrogen-bond acceptors (Lipinski definition) is 2. The van der Waals surface area contributed by atoms with Gasteiger partial charge < -0.3 is 5.32 Å². The predicted molar refractivity (Wildman–Crippen MR) is 86.8 cm³/mol. The molecule has 0 fully saturated rings. The molecule has 0 aliphatic rings.